The zero-order valence-corrected chi connectivity index (χ0v) is 16.9. The normalized spacial score (nSPS) is 15.9. The number of para-hydroxylation sites is 2. The number of hydrogen-bond acceptors (Lipinski definition) is 5. The molecule has 1 fully saturated rings. The van der Waals surface area contributed by atoms with E-state index in [1.165, 1.54) is 12.0 Å². The van der Waals surface area contributed by atoms with Gasteiger partial charge >= 0.3 is 5.97 Å². The van der Waals surface area contributed by atoms with Crippen molar-refractivity contribution in [3.05, 3.63) is 53.1 Å². The lowest BCUT2D eigenvalue weighted by molar-refractivity contribution is -0.151. The Morgan fingerprint density at radius 3 is 2.72 bits per heavy atom. The van der Waals surface area contributed by atoms with Crippen LogP contribution in [0.4, 0.5) is 11.4 Å². The second kappa shape index (κ2) is 8.96. The average molecular weight is 417 g/mol. The minimum Gasteiger partial charge on any atom is -0.495 e. The van der Waals surface area contributed by atoms with Crippen molar-refractivity contribution in [3.8, 4) is 5.75 Å². The number of amides is 2. The van der Waals surface area contributed by atoms with E-state index >= 15 is 0 Å². The van der Waals surface area contributed by atoms with Gasteiger partial charge in [-0.3, -0.25) is 14.4 Å². The first-order chi connectivity index (χ1) is 13.9. The van der Waals surface area contributed by atoms with Crippen molar-refractivity contribution >= 4 is 40.8 Å². The van der Waals surface area contributed by atoms with Crippen LogP contribution < -0.4 is 15.0 Å². The van der Waals surface area contributed by atoms with Crippen molar-refractivity contribution in [1.29, 1.82) is 0 Å². The third-order valence-electron chi connectivity index (χ3n) is 4.64. The first-order valence-electron chi connectivity index (χ1n) is 9.05. The first-order valence-corrected chi connectivity index (χ1v) is 9.43. The molecule has 152 valence electrons. The van der Waals surface area contributed by atoms with E-state index in [9.17, 15) is 14.4 Å². The summed E-state index contributed by atoms with van der Waals surface area (Å²) in [7, 11) is 1.52. The Hall–Kier alpha value is -3.06. The Bertz CT molecular complexity index is 946. The predicted molar refractivity (Wildman–Crippen MR) is 109 cm³/mol. The molecule has 2 aromatic carbocycles. The van der Waals surface area contributed by atoms with Gasteiger partial charge in [-0.1, -0.05) is 29.8 Å². The number of nitrogens with zero attached hydrogens (tertiary/aromatic N) is 1. The Morgan fingerprint density at radius 2 is 2.00 bits per heavy atom. The molecule has 1 saturated heterocycles. The summed E-state index contributed by atoms with van der Waals surface area (Å²) in [4.78, 5) is 38.2. The fourth-order valence-electron chi connectivity index (χ4n) is 3.07. The summed E-state index contributed by atoms with van der Waals surface area (Å²) in [6.45, 7) is 1.59. The smallest absolute Gasteiger partial charge is 0.311 e. The maximum atomic E-state index is 12.4. The van der Waals surface area contributed by atoms with Crippen molar-refractivity contribution < 1.29 is 23.9 Å². The molecule has 0 aliphatic carbocycles. The van der Waals surface area contributed by atoms with E-state index in [1.54, 1.807) is 42.5 Å². The maximum Gasteiger partial charge on any atom is 0.311 e. The monoisotopic (exact) mass is 416 g/mol. The summed E-state index contributed by atoms with van der Waals surface area (Å²) in [5, 5.41) is 3.15. The topological polar surface area (TPSA) is 84.9 Å². The van der Waals surface area contributed by atoms with Crippen LogP contribution in [-0.4, -0.2) is 38.0 Å². The predicted octanol–water partition coefficient (Wildman–Crippen LogP) is 3.19. The zero-order valence-electron chi connectivity index (χ0n) is 16.1. The lowest BCUT2D eigenvalue weighted by Crippen LogP contribution is -2.28. The van der Waals surface area contributed by atoms with E-state index in [4.69, 9.17) is 21.1 Å². The van der Waals surface area contributed by atoms with Crippen molar-refractivity contribution in [3.63, 3.8) is 0 Å². The Balaban J connectivity index is 1.55. The van der Waals surface area contributed by atoms with Gasteiger partial charge in [-0.25, -0.2) is 0 Å². The summed E-state index contributed by atoms with van der Waals surface area (Å²) >= 11 is 6.03. The minimum atomic E-state index is -0.644. The molecule has 7 nitrogen and oxygen atoms in total. The van der Waals surface area contributed by atoms with Gasteiger partial charge in [0.1, 0.15) is 5.75 Å². The van der Waals surface area contributed by atoms with Gasteiger partial charge in [-0.05, 0) is 36.8 Å². The zero-order chi connectivity index (χ0) is 21.0. The number of aryl methyl sites for hydroxylation is 1. The Kier molecular flexibility index (Phi) is 6.39. The molecule has 1 atom stereocenters. The van der Waals surface area contributed by atoms with Gasteiger partial charge in [0.15, 0.2) is 6.61 Å². The first kappa shape index (κ1) is 20.7. The fraction of sp³-hybridized carbons (Fsp3) is 0.286. The third-order valence-corrected chi connectivity index (χ3v) is 5.04. The molecule has 1 aliphatic rings. The molecule has 3 rings (SSSR count). The molecule has 0 aromatic heterocycles. The average Bonchev–Trinajstić information content (AvgIpc) is 3.10. The van der Waals surface area contributed by atoms with Crippen molar-refractivity contribution in [2.24, 2.45) is 5.92 Å². The highest BCUT2D eigenvalue weighted by atomic mass is 35.5. The lowest BCUT2D eigenvalue weighted by atomic mass is 10.1. The molecular formula is C21H21ClN2O5. The van der Waals surface area contributed by atoms with Gasteiger partial charge in [0.05, 0.1) is 18.7 Å². The molecule has 2 aromatic rings. The van der Waals surface area contributed by atoms with Crippen LogP contribution in [0.1, 0.15) is 12.0 Å². The number of halogens is 1. The molecular weight excluding hydrogens is 396 g/mol. The van der Waals surface area contributed by atoms with Crippen molar-refractivity contribution in [2.75, 3.05) is 30.5 Å². The molecule has 1 N–H and O–H groups in total. The number of ether oxygens (including phenoxy) is 2. The fourth-order valence-corrected chi connectivity index (χ4v) is 3.25. The van der Waals surface area contributed by atoms with E-state index in [2.05, 4.69) is 5.32 Å². The second-order valence-corrected chi connectivity index (χ2v) is 7.10. The van der Waals surface area contributed by atoms with Crippen LogP contribution in [0.2, 0.25) is 5.02 Å². The Morgan fingerprint density at radius 1 is 1.24 bits per heavy atom. The molecule has 0 saturated carbocycles. The summed E-state index contributed by atoms with van der Waals surface area (Å²) in [6, 6.07) is 12.2. The van der Waals surface area contributed by atoms with Crippen LogP contribution >= 0.6 is 11.6 Å². The van der Waals surface area contributed by atoms with E-state index in [1.807, 2.05) is 6.92 Å². The maximum absolute atomic E-state index is 12.4. The lowest BCUT2D eigenvalue weighted by Gasteiger charge is -2.19. The number of hydrogen-bond donors (Lipinski definition) is 1. The summed E-state index contributed by atoms with van der Waals surface area (Å²) < 4.78 is 10.4. The number of benzene rings is 2. The van der Waals surface area contributed by atoms with Gasteiger partial charge in [0.25, 0.3) is 5.91 Å². The number of carbonyl (C=O) groups excluding carboxylic acids is 3. The number of esters is 1. The van der Waals surface area contributed by atoms with Crippen LogP contribution in [-0.2, 0) is 19.1 Å². The molecule has 0 spiro atoms. The molecule has 0 unspecified atom stereocenters. The third kappa shape index (κ3) is 4.86. The number of rotatable bonds is 6. The van der Waals surface area contributed by atoms with Crippen LogP contribution in [0, 0.1) is 12.8 Å². The second-order valence-electron chi connectivity index (χ2n) is 6.70. The molecule has 1 heterocycles. The van der Waals surface area contributed by atoms with Crippen LogP contribution in [0.5, 0.6) is 5.75 Å². The molecule has 1 aliphatic heterocycles. The quantitative estimate of drug-likeness (QED) is 0.731. The van der Waals surface area contributed by atoms with E-state index in [-0.39, 0.29) is 18.9 Å². The highest BCUT2D eigenvalue weighted by molar-refractivity contribution is 6.31. The number of methoxy groups -OCH3 is 1. The number of nitrogens with one attached hydrogen (secondary N) is 1. The van der Waals surface area contributed by atoms with Gasteiger partial charge in [-0.2, -0.15) is 0 Å². The molecule has 29 heavy (non-hydrogen) atoms. The number of carbonyl (C=O) groups is 3. The highest BCUT2D eigenvalue weighted by Crippen LogP contribution is 2.33. The van der Waals surface area contributed by atoms with Gasteiger partial charge in [0.2, 0.25) is 5.91 Å². The van der Waals surface area contributed by atoms with Gasteiger partial charge < -0.3 is 19.7 Å². The largest absolute Gasteiger partial charge is 0.495 e. The highest BCUT2D eigenvalue weighted by Gasteiger charge is 2.37. The van der Waals surface area contributed by atoms with Crippen molar-refractivity contribution in [1.82, 2.24) is 0 Å². The standard InChI is InChI=1S/C21H21ClN2O5/c1-13-7-8-15(10-16(13)22)23-19(25)12-29-21(27)14-9-20(26)24(11-14)17-5-3-4-6-18(17)28-2/h3-8,10,14H,9,11-12H2,1-2H3,(H,23,25)/t14-/m1/s1. The molecule has 2 amide bonds. The summed E-state index contributed by atoms with van der Waals surface area (Å²) in [5.74, 6) is -1.37. The summed E-state index contributed by atoms with van der Waals surface area (Å²) in [5.41, 5.74) is 2.01. The van der Waals surface area contributed by atoms with Crippen LogP contribution in [0.15, 0.2) is 42.5 Å². The summed E-state index contributed by atoms with van der Waals surface area (Å²) in [6.07, 6.45) is 0.0199. The molecule has 0 bridgehead atoms. The van der Waals surface area contributed by atoms with Crippen LogP contribution in [0.3, 0.4) is 0 Å². The SMILES string of the molecule is COc1ccccc1N1C[C@H](C(=O)OCC(=O)Nc2ccc(C)c(Cl)c2)CC1=O. The van der Waals surface area contributed by atoms with Gasteiger partial charge in [0, 0.05) is 23.7 Å². The minimum absolute atomic E-state index is 0.0199. The van der Waals surface area contributed by atoms with Crippen molar-refractivity contribution in [2.45, 2.75) is 13.3 Å². The van der Waals surface area contributed by atoms with Crippen LogP contribution in [0.25, 0.3) is 0 Å². The van der Waals surface area contributed by atoms with E-state index in [0.717, 1.165) is 5.56 Å². The Labute approximate surface area is 173 Å². The van der Waals surface area contributed by atoms with Gasteiger partial charge in [-0.15, -0.1) is 0 Å². The van der Waals surface area contributed by atoms with E-state index < -0.39 is 24.4 Å². The molecule has 8 heteroatoms. The van der Waals surface area contributed by atoms with E-state index in [0.29, 0.717) is 22.1 Å². The number of anilines is 2. The molecule has 0 radical (unpaired) electrons.